The van der Waals surface area contributed by atoms with Gasteiger partial charge in [0.1, 0.15) is 5.60 Å². The second-order valence-corrected chi connectivity index (χ2v) is 5.84. The fourth-order valence-electron chi connectivity index (χ4n) is 2.06. The number of nitrogens with one attached hydrogen (secondary N) is 2. The van der Waals surface area contributed by atoms with Gasteiger partial charge in [0.2, 0.25) is 0 Å². The Morgan fingerprint density at radius 3 is 2.65 bits per heavy atom. The van der Waals surface area contributed by atoms with E-state index in [4.69, 9.17) is 9.47 Å². The minimum absolute atomic E-state index is 0.156. The lowest BCUT2D eigenvalue weighted by Crippen LogP contribution is -2.57. The number of alkyl carbamates (subject to hydrolysis) is 1. The fourth-order valence-corrected chi connectivity index (χ4v) is 2.06. The summed E-state index contributed by atoms with van der Waals surface area (Å²) in [6.45, 7) is 4.90. The minimum atomic E-state index is -0.763. The van der Waals surface area contributed by atoms with Gasteiger partial charge >= 0.3 is 6.09 Å². The van der Waals surface area contributed by atoms with Crippen LogP contribution in [0.4, 0.5) is 13.6 Å². The summed E-state index contributed by atoms with van der Waals surface area (Å²) >= 11 is 0. The Hall–Kier alpha value is -0.950. The van der Waals surface area contributed by atoms with Gasteiger partial charge in [-0.25, -0.2) is 4.79 Å². The molecule has 7 heteroatoms. The van der Waals surface area contributed by atoms with Crippen LogP contribution >= 0.6 is 0 Å². The van der Waals surface area contributed by atoms with Gasteiger partial charge in [0.05, 0.1) is 26.1 Å². The molecule has 1 saturated heterocycles. The van der Waals surface area contributed by atoms with Crippen molar-refractivity contribution in [3.05, 3.63) is 0 Å². The topological polar surface area (TPSA) is 59.6 Å². The summed E-state index contributed by atoms with van der Waals surface area (Å²) in [4.78, 5) is 11.6. The molecule has 2 unspecified atom stereocenters. The number of amides is 1. The average Bonchev–Trinajstić information content (AvgIpc) is 2.37. The highest BCUT2D eigenvalue weighted by molar-refractivity contribution is 5.67. The van der Waals surface area contributed by atoms with E-state index in [0.717, 1.165) is 0 Å². The number of alkyl halides is 2. The summed E-state index contributed by atoms with van der Waals surface area (Å²) in [6, 6.07) is -0.450. The molecule has 1 heterocycles. The molecule has 0 saturated carbocycles. The lowest BCUT2D eigenvalue weighted by atomic mass is 9.96. The smallest absolute Gasteiger partial charge is 0.407 e. The van der Waals surface area contributed by atoms with E-state index in [1.165, 1.54) is 0 Å². The highest BCUT2D eigenvalue weighted by Crippen LogP contribution is 2.15. The van der Waals surface area contributed by atoms with E-state index in [0.29, 0.717) is 13.2 Å². The number of halogens is 2. The number of morpholine rings is 1. The Labute approximate surface area is 118 Å². The first-order chi connectivity index (χ1) is 9.37. The first-order valence-electron chi connectivity index (χ1n) is 6.81. The largest absolute Gasteiger partial charge is 0.444 e. The van der Waals surface area contributed by atoms with Gasteiger partial charge in [0.25, 0.3) is 0 Å². The van der Waals surface area contributed by atoms with Gasteiger partial charge < -0.3 is 20.1 Å². The highest BCUT2D eigenvalue weighted by atomic mass is 19.1. The fraction of sp³-hybridized carbons (Fsp3) is 0.923. The minimum Gasteiger partial charge on any atom is -0.444 e. The Morgan fingerprint density at radius 2 is 2.10 bits per heavy atom. The number of carbonyl (C=O) groups excluding carboxylic acids is 1. The summed E-state index contributed by atoms with van der Waals surface area (Å²) in [5.41, 5.74) is -0.588. The van der Waals surface area contributed by atoms with Crippen molar-refractivity contribution in [2.75, 3.05) is 33.0 Å². The molecular formula is C13H24F2N2O3. The van der Waals surface area contributed by atoms with E-state index in [1.807, 2.05) is 0 Å². The van der Waals surface area contributed by atoms with Gasteiger partial charge in [0, 0.05) is 25.0 Å². The van der Waals surface area contributed by atoms with Crippen LogP contribution in [-0.4, -0.2) is 56.9 Å². The first-order valence-corrected chi connectivity index (χ1v) is 6.81. The Bertz CT molecular complexity index is 306. The molecule has 0 radical (unpaired) electrons. The summed E-state index contributed by atoms with van der Waals surface area (Å²) < 4.78 is 36.2. The number of hydrogen-bond donors (Lipinski definition) is 2. The zero-order chi connectivity index (χ0) is 15.2. The van der Waals surface area contributed by atoms with Gasteiger partial charge in [-0.05, 0) is 20.8 Å². The third kappa shape index (κ3) is 5.58. The van der Waals surface area contributed by atoms with E-state index < -0.39 is 43.1 Å². The van der Waals surface area contributed by atoms with E-state index in [9.17, 15) is 13.6 Å². The molecule has 1 rings (SSSR count). The van der Waals surface area contributed by atoms with Crippen LogP contribution in [0.1, 0.15) is 20.8 Å². The van der Waals surface area contributed by atoms with Gasteiger partial charge in [-0.3, -0.25) is 8.78 Å². The van der Waals surface area contributed by atoms with Crippen molar-refractivity contribution in [1.82, 2.24) is 10.6 Å². The normalized spacial score (nSPS) is 23.7. The maximum atomic E-state index is 12.8. The van der Waals surface area contributed by atoms with Crippen molar-refractivity contribution in [2.24, 2.45) is 5.92 Å². The van der Waals surface area contributed by atoms with E-state index in [2.05, 4.69) is 10.6 Å². The zero-order valence-corrected chi connectivity index (χ0v) is 12.2. The van der Waals surface area contributed by atoms with Crippen molar-refractivity contribution < 1.29 is 23.0 Å². The van der Waals surface area contributed by atoms with Gasteiger partial charge in [-0.1, -0.05) is 0 Å². The second-order valence-electron chi connectivity index (χ2n) is 5.84. The third-order valence-corrected chi connectivity index (χ3v) is 2.97. The molecule has 0 spiro atoms. The molecule has 2 atom stereocenters. The van der Waals surface area contributed by atoms with Crippen LogP contribution in [0.5, 0.6) is 0 Å². The third-order valence-electron chi connectivity index (χ3n) is 2.97. The molecule has 0 aliphatic carbocycles. The molecule has 1 aliphatic heterocycles. The molecule has 0 aromatic carbocycles. The molecule has 118 valence electrons. The Balaban J connectivity index is 2.48. The number of ether oxygens (including phenoxy) is 2. The highest BCUT2D eigenvalue weighted by Gasteiger charge is 2.33. The summed E-state index contributed by atoms with van der Waals surface area (Å²) in [6.07, 6.45) is -1.03. The summed E-state index contributed by atoms with van der Waals surface area (Å²) in [5.74, 6) is -0.763. The molecule has 20 heavy (non-hydrogen) atoms. The number of hydrogen-bond acceptors (Lipinski definition) is 4. The van der Waals surface area contributed by atoms with Crippen LogP contribution < -0.4 is 10.6 Å². The van der Waals surface area contributed by atoms with Gasteiger partial charge in [-0.2, -0.15) is 0 Å². The maximum Gasteiger partial charge on any atom is 0.407 e. The van der Waals surface area contributed by atoms with Crippen molar-refractivity contribution in [3.8, 4) is 0 Å². The molecule has 1 amide bonds. The first kappa shape index (κ1) is 17.1. The van der Waals surface area contributed by atoms with E-state index in [-0.39, 0.29) is 6.54 Å². The molecule has 2 N–H and O–H groups in total. The monoisotopic (exact) mass is 294 g/mol. The lowest BCUT2D eigenvalue weighted by Gasteiger charge is -2.36. The average molecular weight is 294 g/mol. The SMILES string of the molecule is CC(C)(C)OC(=O)NCC1OCCNC1C(CF)CF. The maximum absolute atomic E-state index is 12.8. The summed E-state index contributed by atoms with van der Waals surface area (Å²) in [5, 5.41) is 5.62. The number of rotatable bonds is 5. The summed E-state index contributed by atoms with van der Waals surface area (Å²) in [7, 11) is 0. The van der Waals surface area contributed by atoms with Crippen molar-refractivity contribution in [2.45, 2.75) is 38.5 Å². The van der Waals surface area contributed by atoms with E-state index in [1.54, 1.807) is 20.8 Å². The molecule has 1 fully saturated rings. The van der Waals surface area contributed by atoms with Crippen LogP contribution in [0.2, 0.25) is 0 Å². The zero-order valence-electron chi connectivity index (χ0n) is 12.2. The van der Waals surface area contributed by atoms with Crippen LogP contribution in [0.3, 0.4) is 0 Å². The molecule has 1 aliphatic rings. The molecule has 0 bridgehead atoms. The molecular weight excluding hydrogens is 270 g/mol. The molecule has 0 aromatic rings. The van der Waals surface area contributed by atoms with Crippen LogP contribution in [0, 0.1) is 5.92 Å². The predicted octanol–water partition coefficient (Wildman–Crippen LogP) is 1.42. The lowest BCUT2D eigenvalue weighted by molar-refractivity contribution is -0.0279. The van der Waals surface area contributed by atoms with Crippen molar-refractivity contribution >= 4 is 6.09 Å². The molecule has 0 aromatic heterocycles. The predicted molar refractivity (Wildman–Crippen MR) is 71.2 cm³/mol. The van der Waals surface area contributed by atoms with E-state index >= 15 is 0 Å². The van der Waals surface area contributed by atoms with Crippen LogP contribution in [-0.2, 0) is 9.47 Å². The standard InChI is InChI=1S/C13H24F2N2O3/c1-13(2,3)20-12(18)17-8-10-11(9(6-14)7-15)16-4-5-19-10/h9-11,16H,4-8H2,1-3H3,(H,17,18). The van der Waals surface area contributed by atoms with Gasteiger partial charge in [0.15, 0.2) is 0 Å². The van der Waals surface area contributed by atoms with Crippen LogP contribution in [0.25, 0.3) is 0 Å². The second kappa shape index (κ2) is 7.73. The molecule has 5 nitrogen and oxygen atoms in total. The van der Waals surface area contributed by atoms with Crippen LogP contribution in [0.15, 0.2) is 0 Å². The van der Waals surface area contributed by atoms with Crippen molar-refractivity contribution in [1.29, 1.82) is 0 Å². The van der Waals surface area contributed by atoms with Gasteiger partial charge in [-0.15, -0.1) is 0 Å². The Kier molecular flexibility index (Phi) is 6.61. The Morgan fingerprint density at radius 1 is 1.45 bits per heavy atom. The quantitative estimate of drug-likeness (QED) is 0.805. The van der Waals surface area contributed by atoms with Crippen molar-refractivity contribution in [3.63, 3.8) is 0 Å². The number of carbonyl (C=O) groups is 1.